The molecule has 0 bridgehead atoms. The Balaban J connectivity index is 1.72. The summed E-state index contributed by atoms with van der Waals surface area (Å²) in [5.74, 6) is -1.16. The molecule has 0 heterocycles. The Kier molecular flexibility index (Phi) is 6.93. The summed E-state index contributed by atoms with van der Waals surface area (Å²) < 4.78 is 67.0. The summed E-state index contributed by atoms with van der Waals surface area (Å²) >= 11 is 0. The molecule has 2 aliphatic carbocycles. The number of nitrogens with zero attached hydrogens (tertiary/aromatic N) is 2. The summed E-state index contributed by atoms with van der Waals surface area (Å²) in [4.78, 5) is 26.3. The fourth-order valence-corrected chi connectivity index (χ4v) is 6.06. The average Bonchev–Trinajstić information content (AvgIpc) is 2.90. The molecule has 0 aromatic heterocycles. The number of hydrogen-bond donors (Lipinski definition) is 3. The van der Waals surface area contributed by atoms with Crippen LogP contribution in [0.25, 0.3) is 0 Å². The maximum Gasteiger partial charge on any atom is 0.296 e. The molecular weight excluding hydrogens is 546 g/mol. The Morgan fingerprint density at radius 2 is 1.33 bits per heavy atom. The molecule has 0 saturated heterocycles. The fourth-order valence-electron chi connectivity index (χ4n) is 4.92. The van der Waals surface area contributed by atoms with Gasteiger partial charge in [0.15, 0.2) is 11.6 Å². The number of carbonyl (C=O) groups excluding carboxylic acids is 2. The van der Waals surface area contributed by atoms with Gasteiger partial charge in [-0.15, -0.1) is 5.11 Å². The summed E-state index contributed by atoms with van der Waals surface area (Å²) in [6.45, 7) is 0. The van der Waals surface area contributed by atoms with Gasteiger partial charge in [0.1, 0.15) is 10.6 Å². The molecule has 3 aromatic carbocycles. The largest absolute Gasteiger partial charge is 0.382 e. The number of nitrogens with one attached hydrogen (secondary N) is 1. The molecule has 0 aliphatic heterocycles. The maximum absolute atomic E-state index is 13.7. The highest BCUT2D eigenvalue weighted by Gasteiger charge is 2.38. The van der Waals surface area contributed by atoms with Gasteiger partial charge in [0.25, 0.3) is 20.2 Å². The van der Waals surface area contributed by atoms with E-state index >= 15 is 0 Å². The van der Waals surface area contributed by atoms with Crippen molar-refractivity contribution in [1.29, 1.82) is 0 Å². The summed E-state index contributed by atoms with van der Waals surface area (Å²) in [6.07, 6.45) is 4.53. The smallest absolute Gasteiger partial charge is 0.296 e. The van der Waals surface area contributed by atoms with Crippen LogP contribution in [0.3, 0.4) is 0 Å². The second-order valence-corrected chi connectivity index (χ2v) is 12.2. The van der Waals surface area contributed by atoms with Gasteiger partial charge in [-0.05, 0) is 43.2 Å². The Hall–Kier alpha value is -3.78. The topological polar surface area (TPSA) is 180 Å². The Labute approximate surface area is 224 Å². The first-order valence-corrected chi connectivity index (χ1v) is 15.0. The number of carbonyl (C=O) groups is 2. The summed E-state index contributed by atoms with van der Waals surface area (Å²) in [7, 11) is -9.41. The molecule has 2 aliphatic rings. The molecular formula is C26H23N3O8S2. The van der Waals surface area contributed by atoms with E-state index in [-0.39, 0.29) is 39.7 Å². The lowest BCUT2D eigenvalue weighted by Gasteiger charge is -2.28. The van der Waals surface area contributed by atoms with Crippen molar-refractivity contribution >= 4 is 48.9 Å². The van der Waals surface area contributed by atoms with Crippen LogP contribution in [0.15, 0.2) is 74.6 Å². The highest BCUT2D eigenvalue weighted by Crippen LogP contribution is 2.43. The minimum Gasteiger partial charge on any atom is -0.382 e. The highest BCUT2D eigenvalue weighted by molar-refractivity contribution is 7.86. The van der Waals surface area contributed by atoms with Crippen LogP contribution >= 0.6 is 0 Å². The number of benzene rings is 3. The normalized spacial score (nSPS) is 16.3. The second-order valence-electron chi connectivity index (χ2n) is 9.35. The van der Waals surface area contributed by atoms with Gasteiger partial charge in [-0.1, -0.05) is 43.5 Å². The molecule has 0 unspecified atom stereocenters. The van der Waals surface area contributed by atoms with Crippen LogP contribution in [0.2, 0.25) is 0 Å². The van der Waals surface area contributed by atoms with Crippen LogP contribution in [-0.4, -0.2) is 43.5 Å². The first kappa shape index (κ1) is 26.8. The third-order valence-electron chi connectivity index (χ3n) is 6.78. The van der Waals surface area contributed by atoms with Gasteiger partial charge in [-0.25, -0.2) is 0 Å². The number of azo groups is 1. The molecule has 0 radical (unpaired) electrons. The fraction of sp³-hybridized carbons (Fsp3) is 0.231. The molecule has 39 heavy (non-hydrogen) atoms. The standard InChI is InChI=1S/C26H23N3O8S2/c30-25-18-8-4-5-9-19(18)26(31)23-22(25)20(27-15-6-2-1-3-7-15)14-21(39(35,36)37)24(23)29-28-16-10-12-17(13-11-16)38(32,33)34/h4-5,8-15,27H,1-3,6-7H2,(H,32,33,34)(H,35,36,37). The molecule has 11 nitrogen and oxygen atoms in total. The van der Waals surface area contributed by atoms with Crippen molar-refractivity contribution in [2.45, 2.75) is 47.9 Å². The zero-order chi connectivity index (χ0) is 27.9. The van der Waals surface area contributed by atoms with E-state index in [9.17, 15) is 35.5 Å². The predicted molar refractivity (Wildman–Crippen MR) is 140 cm³/mol. The van der Waals surface area contributed by atoms with E-state index in [0.717, 1.165) is 50.3 Å². The third-order valence-corrected chi connectivity index (χ3v) is 8.51. The first-order chi connectivity index (χ1) is 18.4. The van der Waals surface area contributed by atoms with Crippen molar-refractivity contribution in [3.05, 3.63) is 76.9 Å². The quantitative estimate of drug-likeness (QED) is 0.210. The van der Waals surface area contributed by atoms with Crippen LogP contribution in [0.1, 0.15) is 63.9 Å². The van der Waals surface area contributed by atoms with E-state index in [1.165, 1.54) is 24.3 Å². The monoisotopic (exact) mass is 569 g/mol. The molecule has 0 atom stereocenters. The van der Waals surface area contributed by atoms with Crippen LogP contribution in [0.4, 0.5) is 17.1 Å². The van der Waals surface area contributed by atoms with Crippen molar-refractivity contribution in [2.24, 2.45) is 10.2 Å². The van der Waals surface area contributed by atoms with Gasteiger partial charge in [-0.3, -0.25) is 18.7 Å². The number of fused-ring (bicyclic) bond motifs is 2. The maximum atomic E-state index is 13.7. The van der Waals surface area contributed by atoms with Gasteiger partial charge in [0, 0.05) is 22.9 Å². The Morgan fingerprint density at radius 1 is 0.744 bits per heavy atom. The Morgan fingerprint density at radius 3 is 1.90 bits per heavy atom. The van der Waals surface area contributed by atoms with Crippen LogP contribution in [0, 0.1) is 0 Å². The van der Waals surface area contributed by atoms with Crippen LogP contribution < -0.4 is 5.32 Å². The van der Waals surface area contributed by atoms with Gasteiger partial charge in [0.05, 0.1) is 21.7 Å². The summed E-state index contributed by atoms with van der Waals surface area (Å²) in [5.41, 5.74) is -0.526. The lowest BCUT2D eigenvalue weighted by Crippen LogP contribution is -2.27. The van der Waals surface area contributed by atoms with E-state index in [1.807, 2.05) is 0 Å². The third kappa shape index (κ3) is 5.26. The van der Waals surface area contributed by atoms with Crippen LogP contribution in [-0.2, 0) is 20.2 Å². The Bertz CT molecular complexity index is 1740. The molecule has 1 saturated carbocycles. The van der Waals surface area contributed by atoms with Gasteiger partial charge < -0.3 is 5.32 Å². The average molecular weight is 570 g/mol. The number of ketones is 2. The lowest BCUT2D eigenvalue weighted by atomic mass is 9.82. The lowest BCUT2D eigenvalue weighted by molar-refractivity contribution is 0.0980. The van der Waals surface area contributed by atoms with Gasteiger partial charge in [-0.2, -0.15) is 21.9 Å². The second kappa shape index (κ2) is 10.1. The molecule has 13 heteroatoms. The van der Waals surface area contributed by atoms with Gasteiger partial charge >= 0.3 is 0 Å². The zero-order valence-corrected chi connectivity index (χ0v) is 22.0. The molecule has 5 rings (SSSR count). The minimum atomic E-state index is -4.95. The molecule has 3 aromatic rings. The van der Waals surface area contributed by atoms with Crippen molar-refractivity contribution in [2.75, 3.05) is 5.32 Å². The van der Waals surface area contributed by atoms with Crippen molar-refractivity contribution < 1.29 is 35.5 Å². The van der Waals surface area contributed by atoms with E-state index in [1.54, 1.807) is 12.1 Å². The van der Waals surface area contributed by atoms with E-state index in [0.29, 0.717) is 0 Å². The van der Waals surface area contributed by atoms with E-state index in [4.69, 9.17) is 0 Å². The SMILES string of the molecule is O=C1c2ccccc2C(=O)c2c(N=Nc3ccc(S(=O)(=O)O)cc3)c(S(=O)(=O)O)cc(NC3CCCCC3)c21. The molecule has 0 spiro atoms. The van der Waals surface area contributed by atoms with Crippen molar-refractivity contribution in [3.63, 3.8) is 0 Å². The van der Waals surface area contributed by atoms with Crippen molar-refractivity contribution in [1.82, 2.24) is 0 Å². The highest BCUT2D eigenvalue weighted by atomic mass is 32.2. The van der Waals surface area contributed by atoms with E-state index < -0.39 is 47.3 Å². The van der Waals surface area contributed by atoms with E-state index in [2.05, 4.69) is 15.5 Å². The minimum absolute atomic E-state index is 0.0526. The molecule has 0 amide bonds. The molecule has 1 fully saturated rings. The zero-order valence-electron chi connectivity index (χ0n) is 20.4. The predicted octanol–water partition coefficient (Wildman–Crippen LogP) is 5.12. The summed E-state index contributed by atoms with van der Waals surface area (Å²) in [5, 5.41) is 11.1. The van der Waals surface area contributed by atoms with Gasteiger partial charge in [0.2, 0.25) is 0 Å². The number of hydrogen-bond acceptors (Lipinski definition) is 9. The molecule has 202 valence electrons. The summed E-state index contributed by atoms with van der Waals surface area (Å²) in [6, 6.07) is 11.7. The number of rotatable bonds is 6. The van der Waals surface area contributed by atoms with Crippen LogP contribution in [0.5, 0.6) is 0 Å². The number of anilines is 1. The molecule has 3 N–H and O–H groups in total. The first-order valence-electron chi connectivity index (χ1n) is 12.1. The van der Waals surface area contributed by atoms with Crippen molar-refractivity contribution in [3.8, 4) is 0 Å².